The van der Waals surface area contributed by atoms with Gasteiger partial charge in [-0.3, -0.25) is 24.1 Å². The fraction of sp³-hybridized carbons (Fsp3) is 0.833. The maximum atomic E-state index is 14.2. The van der Waals surface area contributed by atoms with Crippen molar-refractivity contribution in [3.05, 3.63) is 11.6 Å². The highest BCUT2D eigenvalue weighted by Gasteiger charge is 2.42. The normalized spacial score (nSPS) is 26.6. The molecule has 9 heteroatoms. The Labute approximate surface area is 273 Å². The molecule has 3 aliphatic rings. The number of likely N-dealkylation sites (tertiary alicyclic amines) is 3. The minimum Gasteiger partial charge on any atom is -0.342 e. The summed E-state index contributed by atoms with van der Waals surface area (Å²) in [6, 6.07) is -1.14. The lowest BCUT2D eigenvalue weighted by molar-refractivity contribution is -0.146. The van der Waals surface area contributed by atoms with Crippen LogP contribution in [0.5, 0.6) is 0 Å². The lowest BCUT2D eigenvalue weighted by Gasteiger charge is -2.42. The molecule has 256 valence electrons. The standard InChI is InChI=1S/C36H63N5O4/c1-23(2)30(22-25(5)33(43)40-21-15-19-29(40)34(44)41-26(6)16-14-17-27(41)7)38(11)35(45)31(36(8,9)10)37-32(42)28-18-12-13-20-39(28)24(3)4/h22-24,26-31H,12-21H2,1-11H3,(H,37,42)/b25-22+/t26?,27?,28-,29?,30-,31?/m1/s1. The Morgan fingerprint density at radius 1 is 0.844 bits per heavy atom. The highest BCUT2D eigenvalue weighted by Crippen LogP contribution is 2.30. The summed E-state index contributed by atoms with van der Waals surface area (Å²) in [5, 5.41) is 3.15. The third kappa shape index (κ3) is 8.69. The molecule has 3 rings (SSSR count). The van der Waals surface area contributed by atoms with E-state index >= 15 is 0 Å². The largest absolute Gasteiger partial charge is 0.342 e. The van der Waals surface area contributed by atoms with Crippen molar-refractivity contribution < 1.29 is 19.2 Å². The van der Waals surface area contributed by atoms with E-state index in [9.17, 15) is 19.2 Å². The van der Waals surface area contributed by atoms with Crippen LogP contribution in [0.25, 0.3) is 0 Å². The lowest BCUT2D eigenvalue weighted by Crippen LogP contribution is -2.60. The van der Waals surface area contributed by atoms with Crippen molar-refractivity contribution in [2.45, 2.75) is 163 Å². The summed E-state index contributed by atoms with van der Waals surface area (Å²) in [5.74, 6) is -0.297. The molecule has 0 spiro atoms. The van der Waals surface area contributed by atoms with Gasteiger partial charge in [0.1, 0.15) is 12.1 Å². The molecule has 4 amide bonds. The lowest BCUT2D eigenvalue weighted by atomic mass is 9.84. The monoisotopic (exact) mass is 629 g/mol. The fourth-order valence-electron chi connectivity index (χ4n) is 7.69. The van der Waals surface area contributed by atoms with Crippen LogP contribution in [0.4, 0.5) is 0 Å². The predicted molar refractivity (Wildman–Crippen MR) is 180 cm³/mol. The zero-order chi connectivity index (χ0) is 33.8. The second-order valence-electron chi connectivity index (χ2n) is 15.7. The maximum Gasteiger partial charge on any atom is 0.249 e. The van der Waals surface area contributed by atoms with Gasteiger partial charge < -0.3 is 20.0 Å². The van der Waals surface area contributed by atoms with E-state index in [0.717, 1.165) is 51.5 Å². The molecule has 0 saturated carbocycles. The molecule has 3 aliphatic heterocycles. The average molecular weight is 630 g/mol. The van der Waals surface area contributed by atoms with Gasteiger partial charge in [-0.05, 0) is 97.4 Å². The van der Waals surface area contributed by atoms with Crippen molar-refractivity contribution in [2.75, 3.05) is 20.1 Å². The summed E-state index contributed by atoms with van der Waals surface area (Å²) in [7, 11) is 1.77. The van der Waals surface area contributed by atoms with E-state index < -0.39 is 17.5 Å². The molecule has 0 aromatic rings. The van der Waals surface area contributed by atoms with Crippen molar-refractivity contribution in [1.29, 1.82) is 0 Å². The van der Waals surface area contributed by atoms with Gasteiger partial charge in [0.2, 0.25) is 23.6 Å². The topological polar surface area (TPSA) is 93.3 Å². The first-order valence-electron chi connectivity index (χ1n) is 17.6. The molecule has 0 aromatic heterocycles. The Bertz CT molecular complexity index is 1090. The second-order valence-corrected chi connectivity index (χ2v) is 15.7. The highest BCUT2D eigenvalue weighted by atomic mass is 16.2. The van der Waals surface area contributed by atoms with Crippen LogP contribution < -0.4 is 5.32 Å². The molecule has 3 heterocycles. The van der Waals surface area contributed by atoms with Gasteiger partial charge in [0.25, 0.3) is 0 Å². The number of carbonyl (C=O) groups is 4. The number of likely N-dealkylation sites (N-methyl/N-ethyl adjacent to an activating group) is 1. The summed E-state index contributed by atoms with van der Waals surface area (Å²) < 4.78 is 0. The summed E-state index contributed by atoms with van der Waals surface area (Å²) >= 11 is 0. The van der Waals surface area contributed by atoms with Gasteiger partial charge in [-0.25, -0.2) is 0 Å². The van der Waals surface area contributed by atoms with Gasteiger partial charge >= 0.3 is 0 Å². The number of nitrogens with zero attached hydrogens (tertiary/aromatic N) is 4. The molecule has 3 fully saturated rings. The molecule has 1 N–H and O–H groups in total. The SMILES string of the molecule is C/C(=C\[C@H](C(C)C)N(C)C(=O)C(NC(=O)[C@H]1CCCCN1C(C)C)C(C)(C)C)C(=O)N1CCCC1C(=O)N1C(C)CCCC1C. The molecule has 0 aliphatic carbocycles. The minimum atomic E-state index is -0.717. The molecule has 0 bridgehead atoms. The van der Waals surface area contributed by atoms with E-state index in [1.807, 2.05) is 45.6 Å². The number of hydrogen-bond acceptors (Lipinski definition) is 5. The Morgan fingerprint density at radius 2 is 1.44 bits per heavy atom. The van der Waals surface area contributed by atoms with Crippen LogP contribution in [0.3, 0.4) is 0 Å². The molecule has 9 nitrogen and oxygen atoms in total. The molecule has 4 unspecified atom stereocenters. The minimum absolute atomic E-state index is 0.0267. The first kappa shape index (κ1) is 37.0. The zero-order valence-electron chi connectivity index (χ0n) is 30.2. The molecular formula is C36H63N5O4. The fourth-order valence-corrected chi connectivity index (χ4v) is 7.69. The van der Waals surface area contributed by atoms with Gasteiger partial charge in [-0.15, -0.1) is 0 Å². The highest BCUT2D eigenvalue weighted by molar-refractivity contribution is 5.97. The van der Waals surface area contributed by atoms with Gasteiger partial charge in [0, 0.05) is 37.3 Å². The first-order chi connectivity index (χ1) is 21.0. The Morgan fingerprint density at radius 3 is 2.00 bits per heavy atom. The maximum absolute atomic E-state index is 14.2. The van der Waals surface area contributed by atoms with E-state index in [1.165, 1.54) is 0 Å². The third-order valence-electron chi connectivity index (χ3n) is 10.4. The quantitative estimate of drug-likeness (QED) is 0.363. The first-order valence-corrected chi connectivity index (χ1v) is 17.6. The molecule has 45 heavy (non-hydrogen) atoms. The average Bonchev–Trinajstić information content (AvgIpc) is 3.46. The van der Waals surface area contributed by atoms with Crippen molar-refractivity contribution in [2.24, 2.45) is 11.3 Å². The molecule has 0 aromatic carbocycles. The summed E-state index contributed by atoms with van der Waals surface area (Å²) in [4.78, 5) is 63.1. The van der Waals surface area contributed by atoms with E-state index in [-0.39, 0.29) is 59.8 Å². The van der Waals surface area contributed by atoms with Crippen molar-refractivity contribution in [3.63, 3.8) is 0 Å². The second kappa shape index (κ2) is 15.4. The van der Waals surface area contributed by atoms with Crippen LogP contribution in [0.2, 0.25) is 0 Å². The molecular weight excluding hydrogens is 566 g/mol. The van der Waals surface area contributed by atoms with Crippen LogP contribution in [0.15, 0.2) is 11.6 Å². The smallest absolute Gasteiger partial charge is 0.249 e. The number of hydrogen-bond donors (Lipinski definition) is 1. The Balaban J connectivity index is 1.80. The van der Waals surface area contributed by atoms with Gasteiger partial charge in [-0.2, -0.15) is 0 Å². The number of nitrogens with one attached hydrogen (secondary N) is 1. The van der Waals surface area contributed by atoms with Crippen molar-refractivity contribution >= 4 is 23.6 Å². The van der Waals surface area contributed by atoms with Gasteiger partial charge in [0.15, 0.2) is 0 Å². The predicted octanol–water partition coefficient (Wildman–Crippen LogP) is 4.99. The van der Waals surface area contributed by atoms with E-state index in [1.54, 1.807) is 23.8 Å². The van der Waals surface area contributed by atoms with E-state index in [4.69, 9.17) is 0 Å². The summed E-state index contributed by atoms with van der Waals surface area (Å²) in [6.07, 6.45) is 9.37. The number of amides is 4. The van der Waals surface area contributed by atoms with Crippen LogP contribution in [-0.4, -0.2) is 106 Å². The molecule has 6 atom stereocenters. The number of piperidine rings is 2. The number of carbonyl (C=O) groups excluding carboxylic acids is 4. The van der Waals surface area contributed by atoms with Crippen molar-refractivity contribution in [3.8, 4) is 0 Å². The molecule has 3 saturated heterocycles. The van der Waals surface area contributed by atoms with Crippen LogP contribution in [0, 0.1) is 11.3 Å². The van der Waals surface area contributed by atoms with Crippen LogP contribution >= 0.6 is 0 Å². The van der Waals surface area contributed by atoms with Crippen LogP contribution in [-0.2, 0) is 19.2 Å². The van der Waals surface area contributed by atoms with E-state index in [2.05, 4.69) is 37.9 Å². The Hall–Kier alpha value is -2.42. The van der Waals surface area contributed by atoms with Crippen molar-refractivity contribution in [1.82, 2.24) is 24.9 Å². The summed E-state index contributed by atoms with van der Waals surface area (Å²) in [5.41, 5.74) is 0.0271. The third-order valence-corrected chi connectivity index (χ3v) is 10.4. The van der Waals surface area contributed by atoms with Gasteiger partial charge in [0.05, 0.1) is 12.1 Å². The molecule has 0 radical (unpaired) electrons. The van der Waals surface area contributed by atoms with Crippen LogP contribution in [0.1, 0.15) is 121 Å². The summed E-state index contributed by atoms with van der Waals surface area (Å²) in [6.45, 7) is 21.7. The zero-order valence-corrected chi connectivity index (χ0v) is 30.2. The van der Waals surface area contributed by atoms with Gasteiger partial charge in [-0.1, -0.05) is 47.1 Å². The van der Waals surface area contributed by atoms with E-state index in [0.29, 0.717) is 18.5 Å². The number of rotatable bonds is 9. The Kier molecular flexibility index (Phi) is 12.7.